The van der Waals surface area contributed by atoms with Crippen molar-refractivity contribution in [2.75, 3.05) is 45.9 Å². The maximum atomic E-state index is 14.4. The molecule has 0 saturated carbocycles. The first-order valence-corrected chi connectivity index (χ1v) is 12.3. The Morgan fingerprint density at radius 1 is 1.12 bits per heavy atom. The Kier molecular flexibility index (Phi) is 6.94. The van der Waals surface area contributed by atoms with Crippen LogP contribution >= 0.6 is 0 Å². The van der Waals surface area contributed by atoms with Gasteiger partial charge in [-0.2, -0.15) is 4.31 Å². The van der Waals surface area contributed by atoms with Gasteiger partial charge in [-0.05, 0) is 50.1 Å². The Morgan fingerprint density at radius 2 is 1.84 bits per heavy atom. The molecule has 8 nitrogen and oxygen atoms in total. The normalized spacial score (nSPS) is 19.2. The lowest BCUT2D eigenvalue weighted by atomic mass is 10.1. The summed E-state index contributed by atoms with van der Waals surface area (Å²) in [5.74, 6) is 0.191. The van der Waals surface area contributed by atoms with E-state index in [4.69, 9.17) is 9.15 Å². The number of hydrogen-bond acceptors (Lipinski definition) is 6. The number of hydrogen-bond donors (Lipinski definition) is 1. The number of carbonyl (C=O) groups is 1. The number of nitrogens with zero attached hydrogens (tertiary/aromatic N) is 2. The molecule has 1 aromatic heterocycles. The number of nitrogens with one attached hydrogen (secondary N) is 1. The molecule has 1 N–H and O–H groups in total. The molecule has 10 heteroatoms. The average molecular weight is 466 g/mol. The van der Waals surface area contributed by atoms with Crippen molar-refractivity contribution in [2.45, 2.75) is 30.7 Å². The third-order valence-electron chi connectivity index (χ3n) is 5.91. The molecular weight excluding hydrogens is 437 g/mol. The highest BCUT2D eigenvalue weighted by Gasteiger charge is 2.31. The fraction of sp³-hybridized carbons (Fsp3) is 0.500. The molecule has 2 fully saturated rings. The molecule has 0 spiro atoms. The van der Waals surface area contributed by atoms with Crippen LogP contribution in [-0.4, -0.2) is 69.5 Å². The number of rotatable bonds is 7. The van der Waals surface area contributed by atoms with Crippen LogP contribution in [0.5, 0.6) is 0 Å². The zero-order valence-electron chi connectivity index (χ0n) is 18.0. The second-order valence-electron chi connectivity index (χ2n) is 8.08. The molecule has 4 rings (SSSR count). The molecule has 1 atom stereocenters. The molecule has 2 aliphatic heterocycles. The Balaban J connectivity index is 1.51. The Bertz CT molecular complexity index is 1060. The number of halogens is 1. The smallest absolute Gasteiger partial charge is 0.251 e. The summed E-state index contributed by atoms with van der Waals surface area (Å²) in [6.07, 6.45) is 1.49. The van der Waals surface area contributed by atoms with Gasteiger partial charge in [0.15, 0.2) is 0 Å². The predicted octanol–water partition coefficient (Wildman–Crippen LogP) is 2.31. The molecule has 2 saturated heterocycles. The molecule has 3 heterocycles. The third-order valence-corrected chi connectivity index (χ3v) is 7.82. The maximum Gasteiger partial charge on any atom is 0.251 e. The van der Waals surface area contributed by atoms with Crippen LogP contribution in [0.4, 0.5) is 4.39 Å². The number of furan rings is 1. The second-order valence-corrected chi connectivity index (χ2v) is 9.99. The lowest BCUT2D eigenvalue weighted by Gasteiger charge is -2.33. The summed E-state index contributed by atoms with van der Waals surface area (Å²) in [6.45, 7) is 5.45. The van der Waals surface area contributed by atoms with Gasteiger partial charge in [0.1, 0.15) is 22.2 Å². The zero-order chi connectivity index (χ0) is 22.7. The van der Waals surface area contributed by atoms with E-state index in [9.17, 15) is 17.6 Å². The fourth-order valence-electron chi connectivity index (χ4n) is 4.13. The molecule has 2 aromatic rings. The SMILES string of the molecule is Cc1ccc(C(CNC(=O)c2ccc(F)c(S(=O)(=O)N3CCCC3)c2)N2CCOCC2)o1. The summed E-state index contributed by atoms with van der Waals surface area (Å²) >= 11 is 0. The van der Waals surface area contributed by atoms with E-state index in [-0.39, 0.29) is 18.2 Å². The highest BCUT2D eigenvalue weighted by Crippen LogP contribution is 2.25. The van der Waals surface area contributed by atoms with E-state index in [1.807, 2.05) is 19.1 Å². The van der Waals surface area contributed by atoms with Gasteiger partial charge in [0.2, 0.25) is 10.0 Å². The van der Waals surface area contributed by atoms with E-state index in [0.29, 0.717) is 39.4 Å². The Morgan fingerprint density at radius 3 is 2.50 bits per heavy atom. The Labute approximate surface area is 187 Å². The fourth-order valence-corrected chi connectivity index (χ4v) is 5.74. The Hall–Kier alpha value is -2.27. The monoisotopic (exact) mass is 465 g/mol. The summed E-state index contributed by atoms with van der Waals surface area (Å²) in [5, 5.41) is 2.86. The molecule has 1 unspecified atom stereocenters. The van der Waals surface area contributed by atoms with Gasteiger partial charge in [-0.25, -0.2) is 12.8 Å². The van der Waals surface area contributed by atoms with Crippen LogP contribution in [0.2, 0.25) is 0 Å². The van der Waals surface area contributed by atoms with Crippen molar-refractivity contribution in [2.24, 2.45) is 0 Å². The number of ether oxygens (including phenoxy) is 1. The molecule has 1 aromatic carbocycles. The highest BCUT2D eigenvalue weighted by molar-refractivity contribution is 7.89. The van der Waals surface area contributed by atoms with Gasteiger partial charge >= 0.3 is 0 Å². The van der Waals surface area contributed by atoms with E-state index in [2.05, 4.69) is 10.2 Å². The molecule has 0 aliphatic carbocycles. The van der Waals surface area contributed by atoms with Gasteiger partial charge in [-0.15, -0.1) is 0 Å². The maximum absolute atomic E-state index is 14.4. The van der Waals surface area contributed by atoms with Gasteiger partial charge in [-0.1, -0.05) is 0 Å². The van der Waals surface area contributed by atoms with Crippen molar-refractivity contribution >= 4 is 15.9 Å². The minimum atomic E-state index is -3.97. The number of aryl methyl sites for hydroxylation is 1. The lowest BCUT2D eigenvalue weighted by molar-refractivity contribution is 0.0117. The predicted molar refractivity (Wildman–Crippen MR) is 115 cm³/mol. The van der Waals surface area contributed by atoms with Crippen molar-refractivity contribution in [1.82, 2.24) is 14.5 Å². The topological polar surface area (TPSA) is 92.1 Å². The van der Waals surface area contributed by atoms with Crippen molar-refractivity contribution in [3.05, 3.63) is 53.2 Å². The van der Waals surface area contributed by atoms with Crippen LogP contribution in [0.15, 0.2) is 39.6 Å². The van der Waals surface area contributed by atoms with Gasteiger partial charge in [0, 0.05) is 38.3 Å². The van der Waals surface area contributed by atoms with Crippen LogP contribution in [0.1, 0.15) is 40.8 Å². The summed E-state index contributed by atoms with van der Waals surface area (Å²) in [5.41, 5.74) is 0.0977. The molecule has 32 heavy (non-hydrogen) atoms. The van der Waals surface area contributed by atoms with E-state index in [0.717, 1.165) is 36.5 Å². The van der Waals surface area contributed by atoms with Crippen molar-refractivity contribution < 1.29 is 26.8 Å². The number of amides is 1. The lowest BCUT2D eigenvalue weighted by Crippen LogP contribution is -2.43. The minimum absolute atomic E-state index is 0.0977. The van der Waals surface area contributed by atoms with Crippen LogP contribution in [-0.2, 0) is 14.8 Å². The van der Waals surface area contributed by atoms with Crippen LogP contribution in [0.25, 0.3) is 0 Å². The van der Waals surface area contributed by atoms with E-state index in [1.54, 1.807) is 0 Å². The van der Waals surface area contributed by atoms with E-state index in [1.165, 1.54) is 10.4 Å². The molecule has 1 amide bonds. The molecule has 174 valence electrons. The summed E-state index contributed by atoms with van der Waals surface area (Å²) in [7, 11) is -3.97. The number of benzene rings is 1. The van der Waals surface area contributed by atoms with E-state index < -0.39 is 26.6 Å². The van der Waals surface area contributed by atoms with Crippen LogP contribution < -0.4 is 5.32 Å². The standard InChI is InChI=1S/C22H28FN3O5S/c1-16-4-7-20(31-16)19(25-10-12-30-13-11-25)15-24-22(27)17-5-6-18(23)21(14-17)32(28,29)26-8-2-3-9-26/h4-7,14,19H,2-3,8-13,15H2,1H3,(H,24,27). The molecular formula is C22H28FN3O5S. The first kappa shape index (κ1) is 22.9. The van der Waals surface area contributed by atoms with Crippen LogP contribution in [0.3, 0.4) is 0 Å². The second kappa shape index (κ2) is 9.70. The number of morpholine rings is 1. The summed E-state index contributed by atoms with van der Waals surface area (Å²) < 4.78 is 52.5. The first-order valence-electron chi connectivity index (χ1n) is 10.8. The van der Waals surface area contributed by atoms with E-state index >= 15 is 0 Å². The molecule has 2 aliphatic rings. The van der Waals surface area contributed by atoms with Gasteiger partial charge < -0.3 is 14.5 Å². The number of carbonyl (C=O) groups excluding carboxylic acids is 1. The minimum Gasteiger partial charge on any atom is -0.465 e. The van der Waals surface area contributed by atoms with Gasteiger partial charge in [-0.3, -0.25) is 9.69 Å². The largest absolute Gasteiger partial charge is 0.465 e. The van der Waals surface area contributed by atoms with Crippen molar-refractivity contribution in [3.8, 4) is 0 Å². The summed E-state index contributed by atoms with van der Waals surface area (Å²) in [6, 6.07) is 7.03. The van der Waals surface area contributed by atoms with Crippen molar-refractivity contribution in [3.63, 3.8) is 0 Å². The quantitative estimate of drug-likeness (QED) is 0.675. The summed E-state index contributed by atoms with van der Waals surface area (Å²) in [4.78, 5) is 14.6. The highest BCUT2D eigenvalue weighted by atomic mass is 32.2. The first-order chi connectivity index (χ1) is 15.4. The van der Waals surface area contributed by atoms with Crippen LogP contribution in [0, 0.1) is 12.7 Å². The average Bonchev–Trinajstić information content (AvgIpc) is 3.47. The molecule has 0 radical (unpaired) electrons. The van der Waals surface area contributed by atoms with Crippen molar-refractivity contribution in [1.29, 1.82) is 0 Å². The third kappa shape index (κ3) is 4.88. The number of sulfonamides is 1. The zero-order valence-corrected chi connectivity index (χ0v) is 18.9. The van der Waals surface area contributed by atoms with Gasteiger partial charge in [0.05, 0.1) is 19.3 Å². The van der Waals surface area contributed by atoms with Gasteiger partial charge in [0.25, 0.3) is 5.91 Å². The molecule has 0 bridgehead atoms.